The number of hydrogen-bond donors (Lipinski definition) is 2. The second-order valence-corrected chi connectivity index (χ2v) is 7.27. The van der Waals surface area contributed by atoms with Gasteiger partial charge in [-0.1, -0.05) is 6.07 Å². The molecule has 1 aromatic heterocycles. The number of aromatic nitrogens is 1. The number of ether oxygens (including phenoxy) is 1. The minimum absolute atomic E-state index is 0.154. The van der Waals surface area contributed by atoms with Crippen molar-refractivity contribution >= 4 is 22.5 Å². The Morgan fingerprint density at radius 2 is 2.00 bits per heavy atom. The largest absolute Gasteiger partial charge is 0.493 e. The molecule has 1 amide bonds. The van der Waals surface area contributed by atoms with E-state index in [9.17, 15) is 18.0 Å². The number of halogens is 3. The molecule has 1 aliphatic rings. The highest BCUT2D eigenvalue weighted by atomic mass is 19.4. The van der Waals surface area contributed by atoms with Gasteiger partial charge in [-0.05, 0) is 48.4 Å². The van der Waals surface area contributed by atoms with Crippen LogP contribution in [0.5, 0.6) is 5.75 Å². The van der Waals surface area contributed by atoms with Crippen molar-refractivity contribution in [2.45, 2.75) is 19.0 Å². The number of rotatable bonds is 6. The van der Waals surface area contributed by atoms with Crippen molar-refractivity contribution in [1.29, 1.82) is 5.26 Å². The molecule has 0 unspecified atom stereocenters. The molecule has 1 aliphatic carbocycles. The number of amides is 1. The van der Waals surface area contributed by atoms with Crippen LogP contribution in [0.1, 0.15) is 17.5 Å². The fraction of sp³-hybridized carbons (Fsp3) is 0.273. The Labute approximate surface area is 170 Å². The highest BCUT2D eigenvalue weighted by Gasteiger charge is 2.43. The monoisotopic (exact) mass is 413 g/mol. The van der Waals surface area contributed by atoms with Gasteiger partial charge in [-0.2, -0.15) is 18.4 Å². The number of nitriles is 1. The van der Waals surface area contributed by atoms with Gasteiger partial charge >= 0.3 is 6.18 Å². The Bertz CT molecular complexity index is 1110. The van der Waals surface area contributed by atoms with Crippen molar-refractivity contribution in [2.75, 3.05) is 11.9 Å². The molecule has 2 N–H and O–H groups in total. The van der Waals surface area contributed by atoms with E-state index in [-0.39, 0.29) is 17.7 Å². The van der Waals surface area contributed by atoms with Gasteiger partial charge in [0, 0.05) is 23.5 Å². The van der Waals surface area contributed by atoms with Crippen LogP contribution in [0.4, 0.5) is 18.9 Å². The van der Waals surface area contributed by atoms with Crippen LogP contribution in [0.25, 0.3) is 10.9 Å². The van der Waals surface area contributed by atoms with Crippen LogP contribution in [0.3, 0.4) is 0 Å². The van der Waals surface area contributed by atoms with E-state index in [1.54, 1.807) is 6.20 Å². The summed E-state index contributed by atoms with van der Waals surface area (Å²) in [4.78, 5) is 15.3. The summed E-state index contributed by atoms with van der Waals surface area (Å²) in [7, 11) is 0. The first-order chi connectivity index (χ1) is 14.3. The van der Waals surface area contributed by atoms with Crippen molar-refractivity contribution in [3.8, 4) is 11.8 Å². The molecule has 2 atom stereocenters. The summed E-state index contributed by atoms with van der Waals surface area (Å²) >= 11 is 0. The summed E-state index contributed by atoms with van der Waals surface area (Å²) in [6.45, 7) is 0.301. The van der Waals surface area contributed by atoms with Crippen LogP contribution in [0, 0.1) is 23.2 Å². The SMILES string of the molecule is N#C[C@H]1C[C@@H]1C(=O)Nc1c[nH]c2ccc(CCOc3ccc(C(F)(F)F)cc3)cc12. The van der Waals surface area contributed by atoms with E-state index in [0.717, 1.165) is 28.6 Å². The maximum absolute atomic E-state index is 12.6. The molecule has 5 nitrogen and oxygen atoms in total. The molecule has 2 aromatic carbocycles. The first-order valence-corrected chi connectivity index (χ1v) is 9.45. The number of hydrogen-bond acceptors (Lipinski definition) is 3. The molecule has 0 aliphatic heterocycles. The average Bonchev–Trinajstić information content (AvgIpc) is 3.42. The number of benzene rings is 2. The third kappa shape index (κ3) is 4.25. The second-order valence-electron chi connectivity index (χ2n) is 7.27. The van der Waals surface area contributed by atoms with Gasteiger partial charge in [-0.3, -0.25) is 4.79 Å². The first kappa shape index (κ1) is 19.8. The molecule has 1 saturated carbocycles. The number of fused-ring (bicyclic) bond motifs is 1. The molecule has 0 radical (unpaired) electrons. The zero-order valence-electron chi connectivity index (χ0n) is 15.8. The summed E-state index contributed by atoms with van der Waals surface area (Å²) in [5.74, 6) is -0.234. The van der Waals surface area contributed by atoms with E-state index >= 15 is 0 Å². The molecule has 0 bridgehead atoms. The van der Waals surface area contributed by atoms with Crippen molar-refractivity contribution < 1.29 is 22.7 Å². The lowest BCUT2D eigenvalue weighted by Gasteiger charge is -2.09. The zero-order chi connectivity index (χ0) is 21.3. The summed E-state index contributed by atoms with van der Waals surface area (Å²) in [5.41, 5.74) is 1.77. The molecule has 0 spiro atoms. The molecule has 3 aromatic rings. The summed E-state index contributed by atoms with van der Waals surface area (Å²) < 4.78 is 43.4. The summed E-state index contributed by atoms with van der Waals surface area (Å²) in [6.07, 6.45) is -1.51. The van der Waals surface area contributed by atoms with Crippen LogP contribution >= 0.6 is 0 Å². The van der Waals surface area contributed by atoms with Gasteiger partial charge in [0.25, 0.3) is 0 Å². The third-order valence-corrected chi connectivity index (χ3v) is 5.14. The van der Waals surface area contributed by atoms with Crippen molar-refractivity contribution in [3.05, 3.63) is 59.8 Å². The van der Waals surface area contributed by atoms with Crippen LogP contribution in [-0.2, 0) is 17.4 Å². The van der Waals surface area contributed by atoms with Gasteiger partial charge in [0.05, 0.1) is 35.8 Å². The molecule has 154 valence electrons. The number of nitrogens with zero attached hydrogens (tertiary/aromatic N) is 1. The van der Waals surface area contributed by atoms with E-state index in [0.29, 0.717) is 30.9 Å². The minimum Gasteiger partial charge on any atom is -0.493 e. The Balaban J connectivity index is 1.38. The van der Waals surface area contributed by atoms with Gasteiger partial charge in [-0.15, -0.1) is 0 Å². The minimum atomic E-state index is -4.37. The molecule has 8 heteroatoms. The van der Waals surface area contributed by atoms with E-state index in [1.165, 1.54) is 12.1 Å². The van der Waals surface area contributed by atoms with Crippen molar-refractivity contribution in [3.63, 3.8) is 0 Å². The average molecular weight is 413 g/mol. The Kier molecular flexibility index (Phi) is 5.12. The van der Waals surface area contributed by atoms with E-state index in [1.807, 2.05) is 18.2 Å². The van der Waals surface area contributed by atoms with Crippen LogP contribution in [0.2, 0.25) is 0 Å². The quantitative estimate of drug-likeness (QED) is 0.603. The molecule has 1 heterocycles. The number of carbonyl (C=O) groups excluding carboxylic acids is 1. The number of alkyl halides is 3. The van der Waals surface area contributed by atoms with Gasteiger partial charge < -0.3 is 15.0 Å². The molecule has 0 saturated heterocycles. The molecular weight excluding hydrogens is 395 g/mol. The maximum atomic E-state index is 12.6. The molecule has 30 heavy (non-hydrogen) atoms. The van der Waals surface area contributed by atoms with E-state index in [2.05, 4.69) is 16.4 Å². The van der Waals surface area contributed by atoms with Crippen LogP contribution in [0.15, 0.2) is 48.7 Å². The predicted molar refractivity (Wildman–Crippen MR) is 105 cm³/mol. The molecule has 1 fully saturated rings. The van der Waals surface area contributed by atoms with Gasteiger partial charge in [0.1, 0.15) is 5.75 Å². The van der Waals surface area contributed by atoms with Crippen molar-refractivity contribution in [1.82, 2.24) is 4.98 Å². The lowest BCUT2D eigenvalue weighted by atomic mass is 10.1. The fourth-order valence-electron chi connectivity index (χ4n) is 3.31. The van der Waals surface area contributed by atoms with Crippen LogP contribution < -0.4 is 10.1 Å². The zero-order valence-corrected chi connectivity index (χ0v) is 15.8. The standard InChI is InChI=1S/C22H18F3N3O2/c23-22(24,25)15-2-4-16(5-3-15)30-8-7-13-1-6-19-18(9-13)20(12-27-19)28-21(29)17-10-14(17)11-26/h1-6,9,12,14,17,27H,7-8,10H2,(H,28,29)/t14-,17+/m1/s1. The highest BCUT2D eigenvalue weighted by Crippen LogP contribution is 2.39. The third-order valence-electron chi connectivity index (χ3n) is 5.14. The summed E-state index contributed by atoms with van der Waals surface area (Å²) in [5, 5.41) is 12.6. The highest BCUT2D eigenvalue weighted by molar-refractivity contribution is 6.03. The molecule has 4 rings (SSSR count). The number of H-pyrrole nitrogens is 1. The first-order valence-electron chi connectivity index (χ1n) is 9.45. The smallest absolute Gasteiger partial charge is 0.416 e. The topological polar surface area (TPSA) is 77.9 Å². The Morgan fingerprint density at radius 1 is 1.23 bits per heavy atom. The predicted octanol–water partition coefficient (Wildman–Crippen LogP) is 4.91. The fourth-order valence-corrected chi connectivity index (χ4v) is 3.31. The summed E-state index contributed by atoms with van der Waals surface area (Å²) in [6, 6.07) is 12.5. The van der Waals surface area contributed by atoms with Gasteiger partial charge in [0.2, 0.25) is 5.91 Å². The van der Waals surface area contributed by atoms with Gasteiger partial charge in [-0.25, -0.2) is 0 Å². The lowest BCUT2D eigenvalue weighted by Crippen LogP contribution is -2.14. The van der Waals surface area contributed by atoms with Crippen molar-refractivity contribution in [2.24, 2.45) is 11.8 Å². The number of nitrogens with one attached hydrogen (secondary N) is 2. The van der Waals surface area contributed by atoms with E-state index in [4.69, 9.17) is 10.00 Å². The Hall–Kier alpha value is -3.47. The normalized spacial score (nSPS) is 18.1. The number of anilines is 1. The number of aromatic amines is 1. The maximum Gasteiger partial charge on any atom is 0.416 e. The second kappa shape index (κ2) is 7.75. The van der Waals surface area contributed by atoms with E-state index < -0.39 is 11.7 Å². The molecular formula is C22H18F3N3O2. The van der Waals surface area contributed by atoms with Gasteiger partial charge in [0.15, 0.2) is 0 Å². The number of carbonyl (C=O) groups is 1. The van der Waals surface area contributed by atoms with Crippen LogP contribution in [-0.4, -0.2) is 17.5 Å². The lowest BCUT2D eigenvalue weighted by molar-refractivity contribution is -0.137. The Morgan fingerprint density at radius 3 is 2.67 bits per heavy atom.